The maximum atomic E-state index is 11.2. The average molecular weight is 296 g/mol. The van der Waals surface area contributed by atoms with Crippen molar-refractivity contribution in [2.75, 3.05) is 14.2 Å². The standard InChI is InChI=1S/C14H19NO6/c1-4-14(18)21-15-10(8-13(16)17)9-5-6-11(19-2)12(7-9)20-3/h5-7,10,15H,4,8H2,1-3H3,(H,16,17)/p-1/t10-/m1/s1. The van der Waals surface area contributed by atoms with Crippen molar-refractivity contribution >= 4 is 11.9 Å². The highest BCUT2D eigenvalue weighted by molar-refractivity contribution is 5.69. The first-order valence-corrected chi connectivity index (χ1v) is 6.38. The summed E-state index contributed by atoms with van der Waals surface area (Å²) in [6, 6.07) is 4.16. The van der Waals surface area contributed by atoms with E-state index in [0.717, 1.165) is 0 Å². The second-order valence-electron chi connectivity index (χ2n) is 4.19. The van der Waals surface area contributed by atoms with Gasteiger partial charge < -0.3 is 24.2 Å². The Labute approximate surface area is 122 Å². The third kappa shape index (κ3) is 4.96. The minimum Gasteiger partial charge on any atom is -0.550 e. The van der Waals surface area contributed by atoms with Gasteiger partial charge in [0.2, 0.25) is 0 Å². The number of carbonyl (C=O) groups is 2. The van der Waals surface area contributed by atoms with Crippen LogP contribution in [0.4, 0.5) is 0 Å². The first-order chi connectivity index (χ1) is 10.0. The Bertz CT molecular complexity index is 502. The van der Waals surface area contributed by atoms with E-state index >= 15 is 0 Å². The first kappa shape index (κ1) is 16.8. The maximum absolute atomic E-state index is 11.2. The Morgan fingerprint density at radius 1 is 1.24 bits per heavy atom. The van der Waals surface area contributed by atoms with Crippen LogP contribution < -0.4 is 20.1 Å². The third-order valence-electron chi connectivity index (χ3n) is 2.78. The van der Waals surface area contributed by atoms with Crippen LogP contribution >= 0.6 is 0 Å². The predicted molar refractivity (Wildman–Crippen MR) is 71.4 cm³/mol. The van der Waals surface area contributed by atoms with E-state index in [1.54, 1.807) is 25.1 Å². The van der Waals surface area contributed by atoms with E-state index in [9.17, 15) is 14.7 Å². The lowest BCUT2D eigenvalue weighted by molar-refractivity contribution is -0.306. The largest absolute Gasteiger partial charge is 0.550 e. The molecule has 0 bridgehead atoms. The molecule has 21 heavy (non-hydrogen) atoms. The van der Waals surface area contributed by atoms with Crippen molar-refractivity contribution in [1.82, 2.24) is 5.48 Å². The molecular formula is C14H18NO6-. The molecule has 1 aromatic carbocycles. The topological polar surface area (TPSA) is 96.9 Å². The number of carboxylic acid groups (broad SMARTS) is 1. The number of benzene rings is 1. The number of aliphatic carboxylic acids is 1. The van der Waals surface area contributed by atoms with Gasteiger partial charge in [-0.25, -0.2) is 0 Å². The van der Waals surface area contributed by atoms with Crippen molar-refractivity contribution < 1.29 is 29.0 Å². The second-order valence-corrected chi connectivity index (χ2v) is 4.19. The molecule has 0 aliphatic carbocycles. The van der Waals surface area contributed by atoms with Gasteiger partial charge >= 0.3 is 5.97 Å². The van der Waals surface area contributed by atoms with Crippen molar-refractivity contribution in [3.05, 3.63) is 23.8 Å². The van der Waals surface area contributed by atoms with E-state index in [0.29, 0.717) is 17.1 Å². The second kappa shape index (κ2) is 8.11. The molecular weight excluding hydrogens is 278 g/mol. The Balaban J connectivity index is 2.96. The van der Waals surface area contributed by atoms with Crippen molar-refractivity contribution in [2.45, 2.75) is 25.8 Å². The van der Waals surface area contributed by atoms with Crippen LogP contribution in [0, 0.1) is 0 Å². The molecule has 0 spiro atoms. The van der Waals surface area contributed by atoms with Crippen LogP contribution in [0.15, 0.2) is 18.2 Å². The molecule has 0 amide bonds. The van der Waals surface area contributed by atoms with E-state index in [1.165, 1.54) is 14.2 Å². The normalized spacial score (nSPS) is 11.6. The van der Waals surface area contributed by atoms with Crippen LogP contribution in [0.5, 0.6) is 11.5 Å². The summed E-state index contributed by atoms with van der Waals surface area (Å²) in [6.45, 7) is 1.63. The summed E-state index contributed by atoms with van der Waals surface area (Å²) < 4.78 is 10.3. The van der Waals surface area contributed by atoms with E-state index in [-0.39, 0.29) is 12.8 Å². The smallest absolute Gasteiger partial charge is 0.324 e. The molecule has 0 aliphatic heterocycles. The highest BCUT2D eigenvalue weighted by Crippen LogP contribution is 2.30. The van der Waals surface area contributed by atoms with Crippen molar-refractivity contribution in [2.24, 2.45) is 0 Å². The summed E-state index contributed by atoms with van der Waals surface area (Å²) in [4.78, 5) is 26.8. The molecule has 116 valence electrons. The van der Waals surface area contributed by atoms with Crippen LogP contribution in [0.1, 0.15) is 31.4 Å². The lowest BCUT2D eigenvalue weighted by atomic mass is 10.0. The van der Waals surface area contributed by atoms with Gasteiger partial charge in [-0.3, -0.25) is 4.79 Å². The van der Waals surface area contributed by atoms with Crippen LogP contribution in [0.3, 0.4) is 0 Å². The van der Waals surface area contributed by atoms with Crippen LogP contribution in [-0.2, 0) is 14.4 Å². The number of methoxy groups -OCH3 is 2. The highest BCUT2D eigenvalue weighted by Gasteiger charge is 2.16. The van der Waals surface area contributed by atoms with Crippen molar-refractivity contribution in [1.29, 1.82) is 0 Å². The quantitative estimate of drug-likeness (QED) is 0.691. The summed E-state index contributed by atoms with van der Waals surface area (Å²) in [5.41, 5.74) is 3.01. The molecule has 0 aliphatic rings. The fourth-order valence-corrected chi connectivity index (χ4v) is 1.67. The predicted octanol–water partition coefficient (Wildman–Crippen LogP) is 0.343. The molecule has 1 aromatic rings. The number of carbonyl (C=O) groups excluding carboxylic acids is 2. The zero-order valence-corrected chi connectivity index (χ0v) is 12.2. The zero-order valence-electron chi connectivity index (χ0n) is 12.2. The molecule has 1 rings (SSSR count). The van der Waals surface area contributed by atoms with Crippen LogP contribution in [0.2, 0.25) is 0 Å². The van der Waals surface area contributed by atoms with Crippen LogP contribution in [0.25, 0.3) is 0 Å². The Morgan fingerprint density at radius 3 is 2.43 bits per heavy atom. The third-order valence-corrected chi connectivity index (χ3v) is 2.78. The highest BCUT2D eigenvalue weighted by atomic mass is 16.7. The number of ether oxygens (including phenoxy) is 2. The number of nitrogens with one attached hydrogen (secondary N) is 1. The van der Waals surface area contributed by atoms with Crippen molar-refractivity contribution in [3.8, 4) is 11.5 Å². The van der Waals surface area contributed by atoms with Gasteiger partial charge in [-0.05, 0) is 17.7 Å². The van der Waals surface area contributed by atoms with Gasteiger partial charge in [0, 0.05) is 18.8 Å². The fourth-order valence-electron chi connectivity index (χ4n) is 1.67. The molecule has 0 fully saturated rings. The Hall–Kier alpha value is -2.28. The van der Waals surface area contributed by atoms with Gasteiger partial charge in [-0.1, -0.05) is 13.0 Å². The molecule has 0 radical (unpaired) electrons. The lowest BCUT2D eigenvalue weighted by Crippen LogP contribution is -2.32. The average Bonchev–Trinajstić information content (AvgIpc) is 2.49. The van der Waals surface area contributed by atoms with Gasteiger partial charge in [0.15, 0.2) is 11.5 Å². The minimum atomic E-state index is -1.27. The molecule has 7 heteroatoms. The number of carboxylic acids is 1. The lowest BCUT2D eigenvalue weighted by Gasteiger charge is -2.20. The van der Waals surface area contributed by atoms with Gasteiger partial charge in [-0.15, -0.1) is 5.48 Å². The Kier molecular flexibility index (Phi) is 6.48. The van der Waals surface area contributed by atoms with E-state index < -0.39 is 18.0 Å². The van der Waals surface area contributed by atoms with Gasteiger partial charge in [0.1, 0.15) is 0 Å². The maximum Gasteiger partial charge on any atom is 0.324 e. The molecule has 1 atom stereocenters. The summed E-state index contributed by atoms with van der Waals surface area (Å²) in [6.07, 6.45) is -0.177. The molecule has 0 saturated carbocycles. The SMILES string of the molecule is CCC(=O)ON[C@H](CC(=O)[O-])c1ccc(OC)c(OC)c1. The van der Waals surface area contributed by atoms with E-state index in [4.69, 9.17) is 14.3 Å². The number of hydroxylamine groups is 1. The van der Waals surface area contributed by atoms with Gasteiger partial charge in [0.05, 0.1) is 20.3 Å². The molecule has 0 unspecified atom stereocenters. The first-order valence-electron chi connectivity index (χ1n) is 6.38. The monoisotopic (exact) mass is 296 g/mol. The molecule has 1 N–H and O–H groups in total. The molecule has 0 heterocycles. The number of hydrogen-bond donors (Lipinski definition) is 1. The van der Waals surface area contributed by atoms with Crippen molar-refractivity contribution in [3.63, 3.8) is 0 Å². The fraction of sp³-hybridized carbons (Fsp3) is 0.429. The molecule has 0 saturated heterocycles. The van der Waals surface area contributed by atoms with E-state index in [1.807, 2.05) is 0 Å². The van der Waals surface area contributed by atoms with Crippen LogP contribution in [-0.4, -0.2) is 26.2 Å². The summed E-state index contributed by atoms with van der Waals surface area (Å²) in [5.74, 6) is -0.797. The van der Waals surface area contributed by atoms with Gasteiger partial charge in [0.25, 0.3) is 0 Å². The number of hydrogen-bond acceptors (Lipinski definition) is 7. The number of rotatable bonds is 8. The summed E-state index contributed by atoms with van der Waals surface area (Å²) in [7, 11) is 2.97. The Morgan fingerprint density at radius 2 is 1.90 bits per heavy atom. The summed E-state index contributed by atoms with van der Waals surface area (Å²) in [5, 5.41) is 10.8. The van der Waals surface area contributed by atoms with Gasteiger partial charge in [-0.2, -0.15) is 0 Å². The molecule has 7 nitrogen and oxygen atoms in total. The molecule has 0 aromatic heterocycles. The van der Waals surface area contributed by atoms with E-state index in [2.05, 4.69) is 5.48 Å². The zero-order chi connectivity index (χ0) is 15.8. The minimum absolute atomic E-state index is 0.178. The summed E-state index contributed by atoms with van der Waals surface area (Å²) >= 11 is 0.